The quantitative estimate of drug-likeness (QED) is 0.887. The average molecular weight is 327 g/mol. The summed E-state index contributed by atoms with van der Waals surface area (Å²) in [4.78, 5) is 0. The molecule has 0 unspecified atom stereocenters. The topological polar surface area (TPSA) is 34.1 Å². The summed E-state index contributed by atoms with van der Waals surface area (Å²) in [5, 5.41) is 4.81. The van der Waals surface area contributed by atoms with E-state index in [0.29, 0.717) is 0 Å². The number of hydrogen-bond acceptors (Lipinski definition) is 4. The molecule has 1 N–H and O–H groups in total. The van der Waals surface area contributed by atoms with Gasteiger partial charge in [-0.15, -0.1) is 12.4 Å². The minimum atomic E-state index is 0. The van der Waals surface area contributed by atoms with Crippen molar-refractivity contribution < 1.29 is 4.74 Å². The molecular weight excluding hydrogens is 304 g/mol. The summed E-state index contributed by atoms with van der Waals surface area (Å²) in [7, 11) is 0. The normalized spacial score (nSPS) is 21.0. The highest BCUT2D eigenvalue weighted by molar-refractivity contribution is 7.13. The molecule has 2 heterocycles. The molecule has 0 saturated carbocycles. The van der Waals surface area contributed by atoms with Crippen LogP contribution in [0.15, 0.2) is 24.3 Å². The maximum absolute atomic E-state index is 6.24. The van der Waals surface area contributed by atoms with Gasteiger partial charge in [0, 0.05) is 23.9 Å². The first-order valence-electron chi connectivity index (χ1n) is 7.15. The van der Waals surface area contributed by atoms with Gasteiger partial charge in [-0.2, -0.15) is 4.37 Å². The highest BCUT2D eigenvalue weighted by Gasteiger charge is 2.39. The first-order valence-corrected chi connectivity index (χ1v) is 7.92. The minimum Gasteiger partial charge on any atom is -0.473 e. The van der Waals surface area contributed by atoms with Crippen molar-refractivity contribution in [1.29, 1.82) is 0 Å². The van der Waals surface area contributed by atoms with E-state index in [1.54, 1.807) is 0 Å². The summed E-state index contributed by atoms with van der Waals surface area (Å²) in [5.74, 6) is 0.795. The Morgan fingerprint density at radius 2 is 1.76 bits per heavy atom. The molecule has 5 heteroatoms. The fourth-order valence-electron chi connectivity index (χ4n) is 3.42. The largest absolute Gasteiger partial charge is 0.473 e. The smallest absolute Gasteiger partial charge is 0.233 e. The predicted molar refractivity (Wildman–Crippen MR) is 91.8 cm³/mol. The van der Waals surface area contributed by atoms with E-state index in [1.165, 1.54) is 16.2 Å². The molecular formula is C16H23ClN2OS. The average Bonchev–Trinajstić information content (AvgIpc) is 2.69. The highest BCUT2D eigenvalue weighted by Crippen LogP contribution is 2.34. The number of fused-ring (bicyclic) bond motifs is 1. The van der Waals surface area contributed by atoms with Crippen LogP contribution in [0.5, 0.6) is 5.88 Å². The lowest BCUT2D eigenvalue weighted by Gasteiger charge is -2.46. The molecule has 1 fully saturated rings. The lowest BCUT2D eigenvalue weighted by molar-refractivity contribution is 0.0546. The van der Waals surface area contributed by atoms with Crippen molar-refractivity contribution in [3.63, 3.8) is 0 Å². The van der Waals surface area contributed by atoms with E-state index >= 15 is 0 Å². The van der Waals surface area contributed by atoms with Crippen molar-refractivity contribution in [3.05, 3.63) is 24.3 Å². The van der Waals surface area contributed by atoms with Crippen LogP contribution in [-0.2, 0) is 0 Å². The van der Waals surface area contributed by atoms with Crippen molar-refractivity contribution in [2.75, 3.05) is 0 Å². The van der Waals surface area contributed by atoms with E-state index in [9.17, 15) is 0 Å². The molecule has 0 amide bonds. The SMILES string of the molecule is CC1(C)CC(Oc2nsc3ccccc23)CC(C)(C)N1.Cl. The van der Waals surface area contributed by atoms with Gasteiger partial charge in [-0.1, -0.05) is 12.1 Å². The van der Waals surface area contributed by atoms with Gasteiger partial charge in [0.05, 0.1) is 10.1 Å². The number of nitrogens with one attached hydrogen (secondary N) is 1. The van der Waals surface area contributed by atoms with E-state index in [1.807, 2.05) is 12.1 Å². The fourth-order valence-corrected chi connectivity index (χ4v) is 4.13. The number of rotatable bonds is 2. The Morgan fingerprint density at radius 3 is 2.43 bits per heavy atom. The van der Waals surface area contributed by atoms with Gasteiger partial charge in [0.2, 0.25) is 5.88 Å². The van der Waals surface area contributed by atoms with Gasteiger partial charge in [0.15, 0.2) is 0 Å². The van der Waals surface area contributed by atoms with Gasteiger partial charge in [0.25, 0.3) is 0 Å². The maximum Gasteiger partial charge on any atom is 0.233 e. The number of nitrogens with zero attached hydrogens (tertiary/aromatic N) is 1. The number of hydrogen-bond donors (Lipinski definition) is 1. The van der Waals surface area contributed by atoms with Crippen molar-refractivity contribution in [1.82, 2.24) is 9.69 Å². The third-order valence-electron chi connectivity index (χ3n) is 3.78. The lowest BCUT2D eigenvalue weighted by Crippen LogP contribution is -2.60. The number of halogens is 1. The Morgan fingerprint density at radius 1 is 1.14 bits per heavy atom. The molecule has 1 aliphatic rings. The van der Waals surface area contributed by atoms with Gasteiger partial charge in [-0.05, 0) is 51.4 Å². The summed E-state index contributed by atoms with van der Waals surface area (Å²) in [6.45, 7) is 8.96. The summed E-state index contributed by atoms with van der Waals surface area (Å²) >= 11 is 1.51. The monoisotopic (exact) mass is 326 g/mol. The summed E-state index contributed by atoms with van der Waals surface area (Å²) < 4.78 is 11.9. The molecule has 0 bridgehead atoms. The maximum atomic E-state index is 6.24. The third-order valence-corrected chi connectivity index (χ3v) is 4.59. The lowest BCUT2D eigenvalue weighted by atomic mass is 9.81. The zero-order valence-corrected chi connectivity index (χ0v) is 14.6. The van der Waals surface area contributed by atoms with Crippen LogP contribution in [0.2, 0.25) is 0 Å². The molecule has 21 heavy (non-hydrogen) atoms. The molecule has 0 atom stereocenters. The van der Waals surface area contributed by atoms with Crippen molar-refractivity contribution in [2.45, 2.75) is 57.7 Å². The number of aromatic nitrogens is 1. The van der Waals surface area contributed by atoms with Crippen molar-refractivity contribution >= 4 is 34.0 Å². The van der Waals surface area contributed by atoms with Gasteiger partial charge >= 0.3 is 0 Å². The molecule has 1 aromatic carbocycles. The molecule has 1 aromatic heterocycles. The number of ether oxygens (including phenoxy) is 1. The zero-order valence-electron chi connectivity index (χ0n) is 13.0. The van der Waals surface area contributed by atoms with E-state index in [-0.39, 0.29) is 29.6 Å². The fraction of sp³-hybridized carbons (Fsp3) is 0.562. The first-order chi connectivity index (χ1) is 9.35. The molecule has 3 rings (SSSR count). The minimum absolute atomic E-state index is 0. The molecule has 0 spiro atoms. The van der Waals surface area contributed by atoms with Gasteiger partial charge in [-0.3, -0.25) is 0 Å². The van der Waals surface area contributed by atoms with Crippen LogP contribution in [0.4, 0.5) is 0 Å². The molecule has 0 radical (unpaired) electrons. The van der Waals surface area contributed by atoms with Crippen LogP contribution in [0.3, 0.4) is 0 Å². The molecule has 0 aliphatic carbocycles. The van der Waals surface area contributed by atoms with E-state index < -0.39 is 0 Å². The van der Waals surface area contributed by atoms with Gasteiger partial charge in [0.1, 0.15) is 6.10 Å². The molecule has 1 aliphatic heterocycles. The van der Waals surface area contributed by atoms with Gasteiger partial charge in [-0.25, -0.2) is 0 Å². The Labute approximate surface area is 136 Å². The van der Waals surface area contributed by atoms with Gasteiger partial charge < -0.3 is 10.1 Å². The summed E-state index contributed by atoms with van der Waals surface area (Å²) in [5.41, 5.74) is 0.191. The van der Waals surface area contributed by atoms with E-state index in [4.69, 9.17) is 4.74 Å². The highest BCUT2D eigenvalue weighted by atomic mass is 35.5. The number of benzene rings is 1. The Balaban J connectivity index is 0.00000161. The Kier molecular flexibility index (Phi) is 4.52. The predicted octanol–water partition coefficient (Wildman–Crippen LogP) is 4.41. The van der Waals surface area contributed by atoms with E-state index in [0.717, 1.165) is 24.1 Å². The summed E-state index contributed by atoms with van der Waals surface area (Å²) in [6.07, 6.45) is 2.22. The van der Waals surface area contributed by atoms with Crippen LogP contribution in [0, 0.1) is 0 Å². The number of piperidine rings is 1. The van der Waals surface area contributed by atoms with Crippen LogP contribution in [0.25, 0.3) is 10.1 Å². The Hall–Kier alpha value is -0.840. The van der Waals surface area contributed by atoms with Crippen LogP contribution in [-0.4, -0.2) is 21.6 Å². The second-order valence-electron chi connectivity index (χ2n) is 7.02. The molecule has 3 nitrogen and oxygen atoms in total. The summed E-state index contributed by atoms with van der Waals surface area (Å²) in [6, 6.07) is 8.27. The second-order valence-corrected chi connectivity index (χ2v) is 7.83. The first kappa shape index (κ1) is 16.5. The standard InChI is InChI=1S/C16H22N2OS.ClH/c1-15(2)9-11(10-16(3,4)18-15)19-14-12-7-5-6-8-13(12)20-17-14;/h5-8,11,18H,9-10H2,1-4H3;1H. The van der Waals surface area contributed by atoms with Crippen molar-refractivity contribution in [3.8, 4) is 5.88 Å². The van der Waals surface area contributed by atoms with Crippen LogP contribution >= 0.6 is 23.9 Å². The Bertz CT molecular complexity index is 608. The molecule has 116 valence electrons. The van der Waals surface area contributed by atoms with Crippen LogP contribution in [0.1, 0.15) is 40.5 Å². The zero-order chi connectivity index (χ0) is 14.4. The van der Waals surface area contributed by atoms with Crippen molar-refractivity contribution in [2.24, 2.45) is 0 Å². The van der Waals surface area contributed by atoms with Crippen LogP contribution < -0.4 is 10.1 Å². The molecule has 1 saturated heterocycles. The molecule has 2 aromatic rings. The van der Waals surface area contributed by atoms with E-state index in [2.05, 4.69) is 49.5 Å². The second kappa shape index (κ2) is 5.75. The third kappa shape index (κ3) is 3.68.